The van der Waals surface area contributed by atoms with Crippen molar-refractivity contribution in [3.8, 4) is 5.88 Å². The lowest BCUT2D eigenvalue weighted by atomic mass is 9.75. The zero-order chi connectivity index (χ0) is 18.0. The molecular formula is C18H21N3O4. The largest absolute Gasteiger partial charge is 0.481 e. The smallest absolute Gasteiger partial charge is 0.268 e. The lowest BCUT2D eigenvalue weighted by Crippen LogP contribution is -2.41. The number of hydrogen-bond donors (Lipinski definition) is 3. The summed E-state index contributed by atoms with van der Waals surface area (Å²) in [6.45, 7) is 1.73. The van der Waals surface area contributed by atoms with Gasteiger partial charge >= 0.3 is 0 Å². The van der Waals surface area contributed by atoms with E-state index in [4.69, 9.17) is 4.74 Å². The van der Waals surface area contributed by atoms with Crippen molar-refractivity contribution in [1.29, 1.82) is 0 Å². The highest BCUT2D eigenvalue weighted by Crippen LogP contribution is 2.38. The van der Waals surface area contributed by atoms with Gasteiger partial charge in [0.2, 0.25) is 5.88 Å². The van der Waals surface area contributed by atoms with E-state index < -0.39 is 0 Å². The number of pyridine rings is 2. The van der Waals surface area contributed by atoms with Crippen molar-refractivity contribution in [3.05, 3.63) is 57.6 Å². The molecule has 1 aliphatic rings. The topological polar surface area (TPSA) is 104 Å². The second kappa shape index (κ2) is 7.06. The van der Waals surface area contributed by atoms with Gasteiger partial charge in [-0.25, -0.2) is 4.98 Å². The number of aromatic nitrogens is 2. The molecular weight excluding hydrogens is 322 g/mol. The van der Waals surface area contributed by atoms with Crippen LogP contribution in [-0.2, 0) is 0 Å². The molecule has 3 rings (SSSR count). The molecule has 25 heavy (non-hydrogen) atoms. The van der Waals surface area contributed by atoms with Crippen molar-refractivity contribution in [2.24, 2.45) is 5.92 Å². The number of aryl methyl sites for hydroxylation is 1. The van der Waals surface area contributed by atoms with Gasteiger partial charge in [0.25, 0.3) is 5.91 Å². The Kier molecular flexibility index (Phi) is 4.85. The first-order chi connectivity index (χ1) is 12.0. The third kappa shape index (κ3) is 3.88. The fourth-order valence-corrected chi connectivity index (χ4v) is 3.10. The van der Waals surface area contributed by atoms with Crippen LogP contribution >= 0.6 is 0 Å². The van der Waals surface area contributed by atoms with Crippen molar-refractivity contribution < 1.29 is 14.6 Å². The third-order valence-corrected chi connectivity index (χ3v) is 4.46. The van der Waals surface area contributed by atoms with Crippen LogP contribution in [0.3, 0.4) is 0 Å². The van der Waals surface area contributed by atoms with Crippen LogP contribution in [0.15, 0.2) is 35.3 Å². The van der Waals surface area contributed by atoms with Crippen molar-refractivity contribution in [2.75, 3.05) is 7.11 Å². The number of hydrogen-bond acceptors (Lipinski definition) is 5. The molecule has 1 fully saturated rings. The summed E-state index contributed by atoms with van der Waals surface area (Å²) in [5, 5.41) is 12.6. The molecule has 0 spiro atoms. The zero-order valence-electron chi connectivity index (χ0n) is 14.2. The number of ether oxygens (including phenoxy) is 1. The fourth-order valence-electron chi connectivity index (χ4n) is 3.10. The van der Waals surface area contributed by atoms with Crippen molar-refractivity contribution in [3.63, 3.8) is 0 Å². The first-order valence-electron chi connectivity index (χ1n) is 8.16. The summed E-state index contributed by atoms with van der Waals surface area (Å²) in [5.74, 6) is 0.249. The SMILES string of the molecule is COc1ccc(C(NC(=O)c2cc(=O)cc(C)[nH]2)C2CC(O)C2)cn1. The van der Waals surface area contributed by atoms with Crippen LogP contribution in [-0.4, -0.2) is 34.2 Å². The van der Waals surface area contributed by atoms with Gasteiger partial charge in [0.1, 0.15) is 5.69 Å². The normalized spacial score (nSPS) is 20.4. The highest BCUT2D eigenvalue weighted by atomic mass is 16.5. The average molecular weight is 343 g/mol. The molecule has 1 aliphatic carbocycles. The highest BCUT2D eigenvalue weighted by molar-refractivity contribution is 5.92. The van der Waals surface area contributed by atoms with Crippen LogP contribution in [0.25, 0.3) is 0 Å². The van der Waals surface area contributed by atoms with E-state index in [2.05, 4.69) is 15.3 Å². The molecule has 0 radical (unpaired) electrons. The van der Waals surface area contributed by atoms with Gasteiger partial charge in [0.05, 0.1) is 19.3 Å². The number of aliphatic hydroxyl groups is 1. The lowest BCUT2D eigenvalue weighted by molar-refractivity contribution is 0.0234. The molecule has 7 nitrogen and oxygen atoms in total. The summed E-state index contributed by atoms with van der Waals surface area (Å²) in [6.07, 6.45) is 2.55. The van der Waals surface area contributed by atoms with E-state index in [-0.39, 0.29) is 35.1 Å². The minimum Gasteiger partial charge on any atom is -0.481 e. The van der Waals surface area contributed by atoms with Gasteiger partial charge in [-0.05, 0) is 31.2 Å². The molecule has 2 heterocycles. The molecule has 1 amide bonds. The summed E-state index contributed by atoms with van der Waals surface area (Å²) in [5.41, 5.74) is 1.46. The first kappa shape index (κ1) is 17.2. The van der Waals surface area contributed by atoms with E-state index in [0.717, 1.165) is 5.56 Å². The summed E-state index contributed by atoms with van der Waals surface area (Å²) in [7, 11) is 1.54. The van der Waals surface area contributed by atoms with Crippen LogP contribution < -0.4 is 15.5 Å². The number of amides is 1. The van der Waals surface area contributed by atoms with E-state index in [1.165, 1.54) is 19.2 Å². The van der Waals surface area contributed by atoms with Crippen LogP contribution in [0, 0.1) is 12.8 Å². The Morgan fingerprint density at radius 1 is 1.40 bits per heavy atom. The molecule has 132 valence electrons. The summed E-state index contributed by atoms with van der Waals surface area (Å²) in [6, 6.07) is 6.00. The Hall–Kier alpha value is -2.67. The molecule has 2 aromatic heterocycles. The quantitative estimate of drug-likeness (QED) is 0.760. The number of H-pyrrole nitrogens is 1. The van der Waals surface area contributed by atoms with Gasteiger partial charge in [0, 0.05) is 30.1 Å². The Morgan fingerprint density at radius 3 is 2.72 bits per heavy atom. The van der Waals surface area contributed by atoms with Crippen LogP contribution in [0.4, 0.5) is 0 Å². The Balaban J connectivity index is 1.84. The molecule has 0 aliphatic heterocycles. The molecule has 1 atom stereocenters. The van der Waals surface area contributed by atoms with E-state index in [1.54, 1.807) is 19.2 Å². The molecule has 2 aromatic rings. The number of carbonyl (C=O) groups excluding carboxylic acids is 1. The van der Waals surface area contributed by atoms with E-state index in [0.29, 0.717) is 24.4 Å². The van der Waals surface area contributed by atoms with E-state index in [1.807, 2.05) is 6.07 Å². The summed E-state index contributed by atoms with van der Waals surface area (Å²) in [4.78, 5) is 31.3. The van der Waals surface area contributed by atoms with Crippen LogP contribution in [0.1, 0.15) is 40.6 Å². The van der Waals surface area contributed by atoms with E-state index in [9.17, 15) is 14.7 Å². The lowest BCUT2D eigenvalue weighted by Gasteiger charge is -2.38. The molecule has 0 saturated heterocycles. The standard InChI is InChI=1S/C18H21N3O4/c1-10-5-13(22)8-15(20-10)18(24)21-17(12-6-14(23)7-12)11-3-4-16(25-2)19-9-11/h3-5,8-9,12,14,17,23H,6-7H2,1-2H3,(H,20,22)(H,21,24). The molecule has 3 N–H and O–H groups in total. The average Bonchev–Trinajstić information content (AvgIpc) is 2.56. The minimum absolute atomic E-state index is 0.116. The monoisotopic (exact) mass is 343 g/mol. The fraction of sp³-hybridized carbons (Fsp3) is 0.389. The first-order valence-corrected chi connectivity index (χ1v) is 8.16. The van der Waals surface area contributed by atoms with Crippen LogP contribution in [0.2, 0.25) is 0 Å². The molecule has 1 unspecified atom stereocenters. The summed E-state index contributed by atoms with van der Waals surface area (Å²) < 4.78 is 5.07. The van der Waals surface area contributed by atoms with Gasteiger partial charge in [0.15, 0.2) is 5.43 Å². The zero-order valence-corrected chi connectivity index (χ0v) is 14.2. The molecule has 0 bridgehead atoms. The number of aromatic amines is 1. The maximum Gasteiger partial charge on any atom is 0.268 e. The Bertz CT molecular complexity index is 810. The Labute approximate surface area is 145 Å². The van der Waals surface area contributed by atoms with Gasteiger partial charge in [-0.3, -0.25) is 9.59 Å². The van der Waals surface area contributed by atoms with Crippen molar-refractivity contribution >= 4 is 5.91 Å². The minimum atomic E-state index is -0.358. The molecule has 0 aromatic carbocycles. The maximum absolute atomic E-state index is 12.6. The number of rotatable bonds is 5. The van der Waals surface area contributed by atoms with Gasteiger partial charge < -0.3 is 20.1 Å². The Morgan fingerprint density at radius 2 is 2.16 bits per heavy atom. The number of carbonyl (C=O) groups is 1. The highest BCUT2D eigenvalue weighted by Gasteiger charge is 2.36. The van der Waals surface area contributed by atoms with Gasteiger partial charge in [-0.2, -0.15) is 0 Å². The third-order valence-electron chi connectivity index (χ3n) is 4.46. The van der Waals surface area contributed by atoms with Crippen molar-refractivity contribution in [2.45, 2.75) is 31.9 Å². The molecule has 1 saturated carbocycles. The number of nitrogens with one attached hydrogen (secondary N) is 2. The van der Waals surface area contributed by atoms with Gasteiger partial charge in [-0.15, -0.1) is 0 Å². The van der Waals surface area contributed by atoms with Gasteiger partial charge in [-0.1, -0.05) is 6.07 Å². The van der Waals surface area contributed by atoms with E-state index >= 15 is 0 Å². The second-order valence-electron chi connectivity index (χ2n) is 6.38. The number of nitrogens with zero attached hydrogens (tertiary/aromatic N) is 1. The number of methoxy groups -OCH3 is 1. The predicted octanol–water partition coefficient (Wildman–Crippen LogP) is 1.33. The molecule has 7 heteroatoms. The van der Waals surface area contributed by atoms with Crippen molar-refractivity contribution in [1.82, 2.24) is 15.3 Å². The maximum atomic E-state index is 12.6. The second-order valence-corrected chi connectivity index (χ2v) is 6.38. The summed E-state index contributed by atoms with van der Waals surface area (Å²) >= 11 is 0. The van der Waals surface area contributed by atoms with Crippen LogP contribution in [0.5, 0.6) is 5.88 Å². The predicted molar refractivity (Wildman–Crippen MR) is 91.5 cm³/mol. The number of aliphatic hydroxyl groups excluding tert-OH is 1.